The van der Waals surface area contributed by atoms with Gasteiger partial charge in [-0.15, -0.1) is 0 Å². The van der Waals surface area contributed by atoms with Crippen LogP contribution in [-0.2, 0) is 11.3 Å². The van der Waals surface area contributed by atoms with Crippen LogP contribution in [0.2, 0.25) is 0 Å². The molecule has 1 saturated heterocycles. The van der Waals surface area contributed by atoms with E-state index in [1.54, 1.807) is 26.4 Å². The molecular formula is C14H20FNO2. The molecule has 0 amide bonds. The van der Waals surface area contributed by atoms with Gasteiger partial charge in [-0.1, -0.05) is 6.07 Å². The molecule has 1 aromatic rings. The van der Waals surface area contributed by atoms with Gasteiger partial charge in [-0.2, -0.15) is 0 Å². The Morgan fingerprint density at radius 2 is 2.22 bits per heavy atom. The second kappa shape index (κ2) is 6.16. The maximum Gasteiger partial charge on any atom is 0.131 e. The van der Waals surface area contributed by atoms with Crippen LogP contribution in [0.1, 0.15) is 18.4 Å². The molecule has 18 heavy (non-hydrogen) atoms. The number of likely N-dealkylation sites (tertiary alicyclic amines) is 1. The number of methoxy groups -OCH3 is 2. The summed E-state index contributed by atoms with van der Waals surface area (Å²) in [6.45, 7) is 2.52. The van der Waals surface area contributed by atoms with E-state index in [-0.39, 0.29) is 11.9 Å². The van der Waals surface area contributed by atoms with Crippen LogP contribution in [0.15, 0.2) is 18.2 Å². The summed E-state index contributed by atoms with van der Waals surface area (Å²) in [5.41, 5.74) is 0.715. The molecule has 0 N–H and O–H groups in total. The zero-order chi connectivity index (χ0) is 13.0. The number of hydrogen-bond donors (Lipinski definition) is 0. The third kappa shape index (κ3) is 3.21. The van der Waals surface area contributed by atoms with Crippen molar-refractivity contribution in [1.29, 1.82) is 0 Å². The molecule has 4 heteroatoms. The second-order valence-electron chi connectivity index (χ2n) is 4.69. The third-order valence-electron chi connectivity index (χ3n) is 3.45. The minimum Gasteiger partial charge on any atom is -0.497 e. The Kier molecular flexibility index (Phi) is 4.55. The lowest BCUT2D eigenvalue weighted by Gasteiger charge is -2.31. The van der Waals surface area contributed by atoms with Gasteiger partial charge in [0.1, 0.15) is 11.6 Å². The molecule has 0 aliphatic carbocycles. The quantitative estimate of drug-likeness (QED) is 0.822. The maximum absolute atomic E-state index is 13.8. The molecule has 1 atom stereocenters. The maximum atomic E-state index is 13.8. The van der Waals surface area contributed by atoms with Crippen LogP contribution >= 0.6 is 0 Å². The second-order valence-corrected chi connectivity index (χ2v) is 4.69. The van der Waals surface area contributed by atoms with Crippen molar-refractivity contribution >= 4 is 0 Å². The monoisotopic (exact) mass is 253 g/mol. The minimum absolute atomic E-state index is 0.200. The largest absolute Gasteiger partial charge is 0.497 e. The molecule has 1 aromatic carbocycles. The number of hydrogen-bond acceptors (Lipinski definition) is 3. The molecule has 0 radical (unpaired) electrons. The Hall–Kier alpha value is -1.13. The molecule has 0 unspecified atom stereocenters. The lowest BCUT2D eigenvalue weighted by atomic mass is 10.1. The number of rotatable bonds is 4. The van der Waals surface area contributed by atoms with Crippen molar-refractivity contribution in [2.75, 3.05) is 27.3 Å². The molecular weight excluding hydrogens is 233 g/mol. The normalized spacial score (nSPS) is 20.9. The molecule has 2 rings (SSSR count). The van der Waals surface area contributed by atoms with Crippen molar-refractivity contribution < 1.29 is 13.9 Å². The predicted molar refractivity (Wildman–Crippen MR) is 68.3 cm³/mol. The Morgan fingerprint density at radius 1 is 1.39 bits per heavy atom. The highest BCUT2D eigenvalue weighted by Crippen LogP contribution is 2.20. The third-order valence-corrected chi connectivity index (χ3v) is 3.45. The van der Waals surface area contributed by atoms with Crippen molar-refractivity contribution in [2.45, 2.75) is 25.5 Å². The summed E-state index contributed by atoms with van der Waals surface area (Å²) >= 11 is 0. The number of nitrogens with zero attached hydrogens (tertiary/aromatic N) is 1. The smallest absolute Gasteiger partial charge is 0.131 e. The molecule has 1 fully saturated rings. The zero-order valence-corrected chi connectivity index (χ0v) is 11.0. The van der Waals surface area contributed by atoms with Gasteiger partial charge in [-0.05, 0) is 25.5 Å². The van der Waals surface area contributed by atoms with Crippen LogP contribution in [0.25, 0.3) is 0 Å². The van der Waals surface area contributed by atoms with Crippen LogP contribution in [0.5, 0.6) is 5.75 Å². The number of benzene rings is 1. The highest BCUT2D eigenvalue weighted by Gasteiger charge is 2.20. The molecule has 1 heterocycles. The Balaban J connectivity index is 2.00. The summed E-state index contributed by atoms with van der Waals surface area (Å²) < 4.78 is 24.2. The SMILES string of the molecule is COc1ccc(CN2CCC[C@H](OC)C2)c(F)c1. The van der Waals surface area contributed by atoms with E-state index < -0.39 is 0 Å². The van der Waals surface area contributed by atoms with E-state index >= 15 is 0 Å². The predicted octanol–water partition coefficient (Wildman–Crippen LogP) is 2.45. The van der Waals surface area contributed by atoms with Gasteiger partial charge in [0, 0.05) is 31.8 Å². The lowest BCUT2D eigenvalue weighted by molar-refractivity contribution is 0.0282. The van der Waals surface area contributed by atoms with Gasteiger partial charge in [0.2, 0.25) is 0 Å². The van der Waals surface area contributed by atoms with E-state index in [0.29, 0.717) is 17.9 Å². The van der Waals surface area contributed by atoms with Gasteiger partial charge in [0.25, 0.3) is 0 Å². The molecule has 0 bridgehead atoms. The lowest BCUT2D eigenvalue weighted by Crippen LogP contribution is -2.38. The van der Waals surface area contributed by atoms with Gasteiger partial charge in [0.05, 0.1) is 13.2 Å². The van der Waals surface area contributed by atoms with Gasteiger partial charge in [0.15, 0.2) is 0 Å². The van der Waals surface area contributed by atoms with E-state index in [0.717, 1.165) is 25.9 Å². The Bertz CT molecular complexity index is 397. The van der Waals surface area contributed by atoms with Gasteiger partial charge < -0.3 is 9.47 Å². The molecule has 3 nitrogen and oxygen atoms in total. The fourth-order valence-corrected chi connectivity index (χ4v) is 2.37. The van der Waals surface area contributed by atoms with Crippen LogP contribution < -0.4 is 4.74 Å². The van der Waals surface area contributed by atoms with Gasteiger partial charge in [-0.25, -0.2) is 4.39 Å². The number of ether oxygens (including phenoxy) is 2. The summed E-state index contributed by atoms with van der Waals surface area (Å²) in [5, 5.41) is 0. The molecule has 0 saturated carbocycles. The van der Waals surface area contributed by atoms with Crippen molar-refractivity contribution in [3.05, 3.63) is 29.6 Å². The fraction of sp³-hybridized carbons (Fsp3) is 0.571. The summed E-state index contributed by atoms with van der Waals surface area (Å²) in [4.78, 5) is 2.24. The van der Waals surface area contributed by atoms with Crippen LogP contribution in [0.3, 0.4) is 0 Å². The molecule has 0 spiro atoms. The molecule has 1 aliphatic rings. The van der Waals surface area contributed by atoms with E-state index in [1.807, 2.05) is 0 Å². The van der Waals surface area contributed by atoms with Gasteiger partial charge in [-0.3, -0.25) is 4.90 Å². The standard InChI is InChI=1S/C14H20FNO2/c1-17-12-6-5-11(14(15)8-12)9-16-7-3-4-13(10-16)18-2/h5-6,8,13H,3-4,7,9-10H2,1-2H3/t13-/m0/s1. The van der Waals surface area contributed by atoms with E-state index in [4.69, 9.17) is 9.47 Å². The van der Waals surface area contributed by atoms with Crippen molar-refractivity contribution in [3.8, 4) is 5.75 Å². The van der Waals surface area contributed by atoms with E-state index in [9.17, 15) is 4.39 Å². The van der Waals surface area contributed by atoms with Crippen LogP contribution in [0, 0.1) is 5.82 Å². The van der Waals surface area contributed by atoms with Crippen molar-refractivity contribution in [3.63, 3.8) is 0 Å². The minimum atomic E-state index is -0.200. The summed E-state index contributed by atoms with van der Waals surface area (Å²) in [6, 6.07) is 5.04. The number of halogens is 1. The number of piperidine rings is 1. The van der Waals surface area contributed by atoms with Gasteiger partial charge >= 0.3 is 0 Å². The Labute approximate surface area is 107 Å². The highest BCUT2D eigenvalue weighted by molar-refractivity contribution is 5.28. The van der Waals surface area contributed by atoms with Crippen molar-refractivity contribution in [2.24, 2.45) is 0 Å². The van der Waals surface area contributed by atoms with Crippen LogP contribution in [0.4, 0.5) is 4.39 Å². The first-order valence-corrected chi connectivity index (χ1v) is 6.30. The summed E-state index contributed by atoms with van der Waals surface area (Å²) in [6.07, 6.45) is 2.48. The summed E-state index contributed by atoms with van der Waals surface area (Å²) in [5.74, 6) is 0.360. The molecule has 100 valence electrons. The first-order chi connectivity index (χ1) is 8.72. The van der Waals surface area contributed by atoms with E-state index in [2.05, 4.69) is 4.90 Å². The summed E-state index contributed by atoms with van der Waals surface area (Å²) in [7, 11) is 3.28. The highest BCUT2D eigenvalue weighted by atomic mass is 19.1. The topological polar surface area (TPSA) is 21.7 Å². The molecule has 1 aliphatic heterocycles. The first-order valence-electron chi connectivity index (χ1n) is 6.30. The first kappa shape index (κ1) is 13.3. The fourth-order valence-electron chi connectivity index (χ4n) is 2.37. The van der Waals surface area contributed by atoms with Crippen molar-refractivity contribution in [1.82, 2.24) is 4.90 Å². The Morgan fingerprint density at radius 3 is 2.89 bits per heavy atom. The average Bonchev–Trinajstić information content (AvgIpc) is 2.41. The van der Waals surface area contributed by atoms with Crippen LogP contribution in [-0.4, -0.2) is 38.3 Å². The zero-order valence-electron chi connectivity index (χ0n) is 11.0. The van der Waals surface area contributed by atoms with E-state index in [1.165, 1.54) is 6.07 Å². The average molecular weight is 253 g/mol. The molecule has 0 aromatic heterocycles.